The largest absolute Gasteiger partial charge is 0.487 e. The summed E-state index contributed by atoms with van der Waals surface area (Å²) < 4.78 is 18.6. The van der Waals surface area contributed by atoms with E-state index in [2.05, 4.69) is 4.98 Å². The third-order valence-electron chi connectivity index (χ3n) is 2.29. The van der Waals surface area contributed by atoms with Gasteiger partial charge < -0.3 is 10.5 Å². The molecular formula is C12H13FN2OS. The standard InChI is InChI=1S/C12H13FN2OS/c1-8-4-10(2-3-11(8)13)16-6-9-7-17-12(5-14)15-9/h2-4,7H,5-6,14H2,1H3. The highest BCUT2D eigenvalue weighted by Crippen LogP contribution is 2.18. The van der Waals surface area contributed by atoms with E-state index >= 15 is 0 Å². The summed E-state index contributed by atoms with van der Waals surface area (Å²) in [5.74, 6) is 0.419. The van der Waals surface area contributed by atoms with Crippen molar-refractivity contribution in [1.82, 2.24) is 4.98 Å². The first-order valence-electron chi connectivity index (χ1n) is 5.21. The maximum atomic E-state index is 13.0. The van der Waals surface area contributed by atoms with E-state index in [0.29, 0.717) is 24.5 Å². The summed E-state index contributed by atoms with van der Waals surface area (Å²) in [6.45, 7) is 2.53. The second kappa shape index (κ2) is 5.25. The molecule has 3 nitrogen and oxygen atoms in total. The van der Waals surface area contributed by atoms with Gasteiger partial charge in [-0.3, -0.25) is 0 Å². The summed E-state index contributed by atoms with van der Waals surface area (Å²) in [6.07, 6.45) is 0. The van der Waals surface area contributed by atoms with Crippen LogP contribution in [0.5, 0.6) is 5.75 Å². The van der Waals surface area contributed by atoms with E-state index in [1.165, 1.54) is 17.4 Å². The summed E-state index contributed by atoms with van der Waals surface area (Å²) in [5.41, 5.74) is 6.89. The lowest BCUT2D eigenvalue weighted by molar-refractivity contribution is 0.301. The molecule has 0 unspecified atom stereocenters. The number of halogens is 1. The van der Waals surface area contributed by atoms with Crippen molar-refractivity contribution >= 4 is 11.3 Å². The number of aryl methyl sites for hydroxylation is 1. The lowest BCUT2D eigenvalue weighted by Gasteiger charge is -2.05. The van der Waals surface area contributed by atoms with E-state index < -0.39 is 0 Å². The number of ether oxygens (including phenoxy) is 1. The van der Waals surface area contributed by atoms with Gasteiger partial charge in [-0.2, -0.15) is 0 Å². The van der Waals surface area contributed by atoms with Crippen molar-refractivity contribution in [1.29, 1.82) is 0 Å². The molecule has 0 radical (unpaired) electrons. The SMILES string of the molecule is Cc1cc(OCc2csc(CN)n2)ccc1F. The van der Waals surface area contributed by atoms with Gasteiger partial charge in [0.05, 0.1) is 5.69 Å². The number of rotatable bonds is 4. The molecular weight excluding hydrogens is 239 g/mol. The molecule has 2 aromatic rings. The highest BCUT2D eigenvalue weighted by Gasteiger charge is 2.03. The predicted molar refractivity (Wildman–Crippen MR) is 65.5 cm³/mol. The highest BCUT2D eigenvalue weighted by atomic mass is 32.1. The number of hydrogen-bond donors (Lipinski definition) is 1. The van der Waals surface area contributed by atoms with Gasteiger partial charge in [0, 0.05) is 11.9 Å². The minimum atomic E-state index is -0.226. The first-order chi connectivity index (χ1) is 8.19. The highest BCUT2D eigenvalue weighted by molar-refractivity contribution is 7.09. The monoisotopic (exact) mass is 252 g/mol. The third-order valence-corrected chi connectivity index (χ3v) is 3.21. The van der Waals surface area contributed by atoms with Gasteiger partial charge in [-0.15, -0.1) is 11.3 Å². The van der Waals surface area contributed by atoms with Crippen LogP contribution in [-0.2, 0) is 13.2 Å². The molecule has 90 valence electrons. The zero-order valence-corrected chi connectivity index (χ0v) is 10.3. The Labute approximate surface area is 103 Å². The Balaban J connectivity index is 1.99. The van der Waals surface area contributed by atoms with Gasteiger partial charge in [0.25, 0.3) is 0 Å². The van der Waals surface area contributed by atoms with Crippen LogP contribution in [0.4, 0.5) is 4.39 Å². The molecule has 0 spiro atoms. The first-order valence-corrected chi connectivity index (χ1v) is 6.09. The summed E-state index contributed by atoms with van der Waals surface area (Å²) in [4.78, 5) is 4.28. The van der Waals surface area contributed by atoms with Crippen LogP contribution in [-0.4, -0.2) is 4.98 Å². The van der Waals surface area contributed by atoms with Crippen LogP contribution in [0.15, 0.2) is 23.6 Å². The van der Waals surface area contributed by atoms with Gasteiger partial charge in [-0.25, -0.2) is 9.37 Å². The van der Waals surface area contributed by atoms with Gasteiger partial charge in [0.2, 0.25) is 0 Å². The topological polar surface area (TPSA) is 48.1 Å². The Bertz CT molecular complexity index is 513. The molecule has 0 aliphatic carbocycles. The van der Waals surface area contributed by atoms with Gasteiger partial charge in [0.1, 0.15) is 23.2 Å². The zero-order chi connectivity index (χ0) is 12.3. The third kappa shape index (κ3) is 3.01. The molecule has 0 aliphatic rings. The van der Waals surface area contributed by atoms with Gasteiger partial charge in [-0.1, -0.05) is 0 Å². The van der Waals surface area contributed by atoms with Crippen molar-refractivity contribution in [2.45, 2.75) is 20.1 Å². The molecule has 17 heavy (non-hydrogen) atoms. The van der Waals surface area contributed by atoms with E-state index in [4.69, 9.17) is 10.5 Å². The van der Waals surface area contributed by atoms with Crippen LogP contribution in [0.3, 0.4) is 0 Å². The first kappa shape index (κ1) is 12.0. The lowest BCUT2D eigenvalue weighted by Crippen LogP contribution is -1.99. The number of nitrogens with zero attached hydrogens (tertiary/aromatic N) is 1. The van der Waals surface area contributed by atoms with Crippen LogP contribution >= 0.6 is 11.3 Å². The van der Waals surface area contributed by atoms with Crippen molar-refractivity contribution in [3.63, 3.8) is 0 Å². The fraction of sp³-hybridized carbons (Fsp3) is 0.250. The van der Waals surface area contributed by atoms with E-state index in [1.54, 1.807) is 19.1 Å². The smallest absolute Gasteiger partial charge is 0.131 e. The normalized spacial score (nSPS) is 10.5. The molecule has 5 heteroatoms. The Morgan fingerprint density at radius 1 is 1.47 bits per heavy atom. The van der Waals surface area contributed by atoms with Crippen molar-refractivity contribution in [3.8, 4) is 5.75 Å². The van der Waals surface area contributed by atoms with Crippen molar-refractivity contribution in [2.75, 3.05) is 0 Å². The van der Waals surface area contributed by atoms with Crippen molar-refractivity contribution < 1.29 is 9.13 Å². The number of benzene rings is 1. The molecule has 1 aromatic heterocycles. The number of aromatic nitrogens is 1. The molecule has 0 saturated heterocycles. The number of thiazole rings is 1. The Morgan fingerprint density at radius 3 is 2.94 bits per heavy atom. The number of hydrogen-bond acceptors (Lipinski definition) is 4. The van der Waals surface area contributed by atoms with E-state index in [-0.39, 0.29) is 5.82 Å². The maximum Gasteiger partial charge on any atom is 0.131 e. The fourth-order valence-corrected chi connectivity index (χ4v) is 2.03. The predicted octanol–water partition coefficient (Wildman–Crippen LogP) is 2.63. The number of nitrogens with two attached hydrogens (primary N) is 1. The van der Waals surface area contributed by atoms with Crippen LogP contribution in [0.1, 0.15) is 16.3 Å². The summed E-state index contributed by atoms with van der Waals surface area (Å²) in [6, 6.07) is 4.68. The Hall–Kier alpha value is -1.46. The molecule has 2 rings (SSSR count). The molecule has 0 aliphatic heterocycles. The molecule has 0 bridgehead atoms. The fourth-order valence-electron chi connectivity index (χ4n) is 1.37. The van der Waals surface area contributed by atoms with Crippen LogP contribution < -0.4 is 10.5 Å². The minimum absolute atomic E-state index is 0.226. The van der Waals surface area contributed by atoms with Gasteiger partial charge in [0.15, 0.2) is 0 Å². The molecule has 2 N–H and O–H groups in total. The second-order valence-corrected chi connectivity index (χ2v) is 4.58. The van der Waals surface area contributed by atoms with Crippen LogP contribution in [0, 0.1) is 12.7 Å². The molecule has 0 saturated carbocycles. The summed E-state index contributed by atoms with van der Waals surface area (Å²) in [5, 5.41) is 2.80. The minimum Gasteiger partial charge on any atom is -0.487 e. The van der Waals surface area contributed by atoms with Crippen LogP contribution in [0.25, 0.3) is 0 Å². The van der Waals surface area contributed by atoms with Gasteiger partial charge in [-0.05, 0) is 30.7 Å². The summed E-state index contributed by atoms with van der Waals surface area (Å²) in [7, 11) is 0. The molecule has 1 heterocycles. The molecule has 1 aromatic carbocycles. The molecule has 0 atom stereocenters. The average molecular weight is 252 g/mol. The van der Waals surface area contributed by atoms with E-state index in [0.717, 1.165) is 10.7 Å². The maximum absolute atomic E-state index is 13.0. The average Bonchev–Trinajstić information content (AvgIpc) is 2.79. The van der Waals surface area contributed by atoms with Crippen molar-refractivity contribution in [3.05, 3.63) is 45.7 Å². The molecule has 0 amide bonds. The quantitative estimate of drug-likeness (QED) is 0.910. The van der Waals surface area contributed by atoms with Crippen LogP contribution in [0.2, 0.25) is 0 Å². The Kier molecular flexibility index (Phi) is 3.71. The lowest BCUT2D eigenvalue weighted by atomic mass is 10.2. The zero-order valence-electron chi connectivity index (χ0n) is 9.44. The van der Waals surface area contributed by atoms with E-state index in [9.17, 15) is 4.39 Å². The van der Waals surface area contributed by atoms with Crippen molar-refractivity contribution in [2.24, 2.45) is 5.73 Å². The summed E-state index contributed by atoms with van der Waals surface area (Å²) >= 11 is 1.51. The van der Waals surface area contributed by atoms with E-state index in [1.807, 2.05) is 5.38 Å². The van der Waals surface area contributed by atoms with Gasteiger partial charge >= 0.3 is 0 Å². The Morgan fingerprint density at radius 2 is 2.29 bits per heavy atom. The second-order valence-electron chi connectivity index (χ2n) is 3.64. The molecule has 0 fully saturated rings.